The fourth-order valence-electron chi connectivity index (χ4n) is 1.92. The number of aliphatic hydroxyl groups excluding tert-OH is 1. The van der Waals surface area contributed by atoms with Crippen LogP contribution in [0.1, 0.15) is 31.4 Å². The highest BCUT2D eigenvalue weighted by Crippen LogP contribution is 2.39. The highest BCUT2D eigenvalue weighted by molar-refractivity contribution is 5.17. The standard InChI is InChI=1S/C12H20N2O/c1-9(8-15)6-14-5-4-11(7-14)12(13)10-2-3-10/h4-5,7,9-10,12,15H,2-3,6,8,13H2,1H3. The van der Waals surface area contributed by atoms with Crippen molar-refractivity contribution >= 4 is 0 Å². The van der Waals surface area contributed by atoms with Crippen LogP contribution in [0, 0.1) is 11.8 Å². The number of hydrogen-bond acceptors (Lipinski definition) is 2. The molecule has 3 N–H and O–H groups in total. The molecule has 2 atom stereocenters. The Morgan fingerprint density at radius 3 is 2.93 bits per heavy atom. The SMILES string of the molecule is CC(CO)Cn1ccc(C(N)C2CC2)c1. The zero-order chi connectivity index (χ0) is 10.8. The first-order valence-electron chi connectivity index (χ1n) is 5.73. The molecule has 1 fully saturated rings. The van der Waals surface area contributed by atoms with Crippen molar-refractivity contribution in [1.82, 2.24) is 4.57 Å². The summed E-state index contributed by atoms with van der Waals surface area (Å²) in [5.74, 6) is 1.01. The Labute approximate surface area is 90.9 Å². The van der Waals surface area contributed by atoms with Crippen molar-refractivity contribution in [2.24, 2.45) is 17.6 Å². The number of aromatic nitrogens is 1. The quantitative estimate of drug-likeness (QED) is 0.771. The van der Waals surface area contributed by atoms with Gasteiger partial charge in [-0.15, -0.1) is 0 Å². The minimum absolute atomic E-state index is 0.218. The van der Waals surface area contributed by atoms with E-state index in [9.17, 15) is 0 Å². The molecule has 0 amide bonds. The monoisotopic (exact) mass is 208 g/mol. The summed E-state index contributed by atoms with van der Waals surface area (Å²) < 4.78 is 2.12. The van der Waals surface area contributed by atoms with Crippen molar-refractivity contribution < 1.29 is 5.11 Å². The molecule has 2 rings (SSSR count). The minimum atomic E-state index is 0.218. The van der Waals surface area contributed by atoms with Gasteiger partial charge in [0.15, 0.2) is 0 Å². The number of aliphatic hydroxyl groups is 1. The van der Waals surface area contributed by atoms with Crippen LogP contribution in [0.15, 0.2) is 18.5 Å². The molecule has 0 aliphatic heterocycles. The molecule has 0 spiro atoms. The van der Waals surface area contributed by atoms with Gasteiger partial charge in [0, 0.05) is 31.6 Å². The van der Waals surface area contributed by atoms with Gasteiger partial charge in [-0.3, -0.25) is 0 Å². The maximum Gasteiger partial charge on any atom is 0.0473 e. The second kappa shape index (κ2) is 4.37. The summed E-state index contributed by atoms with van der Waals surface area (Å²) in [5, 5.41) is 8.97. The molecule has 3 heteroatoms. The van der Waals surface area contributed by atoms with Crippen LogP contribution in [0.5, 0.6) is 0 Å². The summed E-state index contributed by atoms with van der Waals surface area (Å²) >= 11 is 0. The van der Waals surface area contributed by atoms with Gasteiger partial charge in [0.2, 0.25) is 0 Å². The van der Waals surface area contributed by atoms with Crippen LogP contribution < -0.4 is 5.73 Å². The first-order valence-corrected chi connectivity index (χ1v) is 5.73. The van der Waals surface area contributed by atoms with Crippen LogP contribution in [-0.2, 0) is 6.54 Å². The molecule has 1 aliphatic rings. The fourth-order valence-corrected chi connectivity index (χ4v) is 1.92. The average molecular weight is 208 g/mol. The van der Waals surface area contributed by atoms with Crippen molar-refractivity contribution in [2.45, 2.75) is 32.4 Å². The summed E-state index contributed by atoms with van der Waals surface area (Å²) in [5.41, 5.74) is 7.35. The Morgan fingerprint density at radius 1 is 1.60 bits per heavy atom. The highest BCUT2D eigenvalue weighted by Gasteiger charge is 2.29. The lowest BCUT2D eigenvalue weighted by atomic mass is 10.1. The molecule has 0 radical (unpaired) electrons. The lowest BCUT2D eigenvalue weighted by Crippen LogP contribution is -2.12. The summed E-state index contributed by atoms with van der Waals surface area (Å²) in [6.45, 7) is 3.15. The smallest absolute Gasteiger partial charge is 0.0473 e. The van der Waals surface area contributed by atoms with Crippen molar-refractivity contribution in [3.05, 3.63) is 24.0 Å². The second-order valence-corrected chi connectivity index (χ2v) is 4.79. The molecule has 1 heterocycles. The van der Waals surface area contributed by atoms with E-state index in [0.717, 1.165) is 6.54 Å². The largest absolute Gasteiger partial charge is 0.396 e. The Kier molecular flexibility index (Phi) is 3.12. The molecule has 84 valence electrons. The number of nitrogens with zero attached hydrogens (tertiary/aromatic N) is 1. The molecule has 1 saturated carbocycles. The van der Waals surface area contributed by atoms with Crippen LogP contribution >= 0.6 is 0 Å². The molecule has 2 unspecified atom stereocenters. The third-order valence-corrected chi connectivity index (χ3v) is 3.12. The topological polar surface area (TPSA) is 51.2 Å². The first kappa shape index (κ1) is 10.7. The lowest BCUT2D eigenvalue weighted by molar-refractivity contribution is 0.223. The van der Waals surface area contributed by atoms with E-state index in [1.54, 1.807) is 0 Å². The van der Waals surface area contributed by atoms with Gasteiger partial charge in [-0.05, 0) is 36.3 Å². The number of rotatable bonds is 5. The van der Waals surface area contributed by atoms with Crippen molar-refractivity contribution in [1.29, 1.82) is 0 Å². The molecule has 0 bridgehead atoms. The molecule has 0 saturated heterocycles. The number of hydrogen-bond donors (Lipinski definition) is 2. The zero-order valence-electron chi connectivity index (χ0n) is 9.26. The fraction of sp³-hybridized carbons (Fsp3) is 0.667. The summed E-state index contributed by atoms with van der Waals surface area (Å²) in [7, 11) is 0. The van der Waals surface area contributed by atoms with Crippen molar-refractivity contribution in [3.8, 4) is 0 Å². The van der Waals surface area contributed by atoms with Crippen LogP contribution in [0.25, 0.3) is 0 Å². The highest BCUT2D eigenvalue weighted by atomic mass is 16.3. The maximum atomic E-state index is 8.97. The van der Waals surface area contributed by atoms with Crippen molar-refractivity contribution in [3.63, 3.8) is 0 Å². The predicted molar refractivity (Wildman–Crippen MR) is 60.3 cm³/mol. The van der Waals surface area contributed by atoms with E-state index in [4.69, 9.17) is 10.8 Å². The van der Waals surface area contributed by atoms with Crippen LogP contribution in [0.2, 0.25) is 0 Å². The van der Waals surface area contributed by atoms with Crippen LogP contribution in [0.3, 0.4) is 0 Å². The Hall–Kier alpha value is -0.800. The van der Waals surface area contributed by atoms with E-state index in [1.165, 1.54) is 18.4 Å². The van der Waals surface area contributed by atoms with Gasteiger partial charge >= 0.3 is 0 Å². The van der Waals surface area contributed by atoms with E-state index in [-0.39, 0.29) is 12.6 Å². The van der Waals surface area contributed by atoms with Gasteiger partial charge in [0.05, 0.1) is 0 Å². The van der Waals surface area contributed by atoms with E-state index >= 15 is 0 Å². The molecular formula is C12H20N2O. The average Bonchev–Trinajstić information content (AvgIpc) is 2.98. The van der Waals surface area contributed by atoms with Gasteiger partial charge in [-0.2, -0.15) is 0 Å². The molecule has 0 aromatic carbocycles. The van der Waals surface area contributed by atoms with E-state index in [0.29, 0.717) is 11.8 Å². The normalized spacial score (nSPS) is 20.2. The third kappa shape index (κ3) is 2.61. The van der Waals surface area contributed by atoms with Crippen LogP contribution in [-0.4, -0.2) is 16.3 Å². The zero-order valence-corrected chi connectivity index (χ0v) is 9.26. The third-order valence-electron chi connectivity index (χ3n) is 3.12. The van der Waals surface area contributed by atoms with Crippen LogP contribution in [0.4, 0.5) is 0 Å². The summed E-state index contributed by atoms with van der Waals surface area (Å²) in [6.07, 6.45) is 6.73. The number of nitrogens with two attached hydrogens (primary N) is 1. The molecular weight excluding hydrogens is 188 g/mol. The van der Waals surface area contributed by atoms with Gasteiger partial charge < -0.3 is 15.4 Å². The minimum Gasteiger partial charge on any atom is -0.396 e. The van der Waals surface area contributed by atoms with Gasteiger partial charge in [-0.1, -0.05) is 6.92 Å². The van der Waals surface area contributed by atoms with E-state index in [2.05, 4.69) is 23.0 Å². The predicted octanol–water partition coefficient (Wildman–Crippen LogP) is 1.53. The second-order valence-electron chi connectivity index (χ2n) is 4.79. The lowest BCUT2D eigenvalue weighted by Gasteiger charge is -2.10. The molecule has 3 nitrogen and oxygen atoms in total. The van der Waals surface area contributed by atoms with E-state index in [1.807, 2.05) is 6.92 Å². The van der Waals surface area contributed by atoms with E-state index < -0.39 is 0 Å². The molecule has 1 aromatic rings. The first-order chi connectivity index (χ1) is 7.20. The van der Waals surface area contributed by atoms with Gasteiger partial charge in [0.25, 0.3) is 0 Å². The summed E-state index contributed by atoms with van der Waals surface area (Å²) in [4.78, 5) is 0. The Morgan fingerprint density at radius 2 is 2.33 bits per heavy atom. The maximum absolute atomic E-state index is 8.97. The van der Waals surface area contributed by atoms with Gasteiger partial charge in [-0.25, -0.2) is 0 Å². The molecule has 1 aliphatic carbocycles. The summed E-state index contributed by atoms with van der Waals surface area (Å²) in [6, 6.07) is 2.32. The Balaban J connectivity index is 1.96. The Bertz CT molecular complexity index is 317. The molecule has 15 heavy (non-hydrogen) atoms. The van der Waals surface area contributed by atoms with Gasteiger partial charge in [0.1, 0.15) is 0 Å². The molecule has 1 aromatic heterocycles. The van der Waals surface area contributed by atoms with Crippen molar-refractivity contribution in [2.75, 3.05) is 6.61 Å².